The van der Waals surface area contributed by atoms with Crippen LogP contribution in [0.5, 0.6) is 0 Å². The average Bonchev–Trinajstić information content (AvgIpc) is 2.65. The quantitative estimate of drug-likeness (QED) is 0.709. The molecule has 1 aliphatic carbocycles. The SMILES string of the molecule is CC1C=CC(Cl)=C(C2CCNC2)C1F. The number of nitrogens with one attached hydrogen (secondary N) is 1. The van der Waals surface area contributed by atoms with Crippen molar-refractivity contribution < 1.29 is 4.39 Å². The maximum atomic E-state index is 13.9. The van der Waals surface area contributed by atoms with Crippen molar-refractivity contribution >= 4 is 11.6 Å². The minimum absolute atomic E-state index is 0.0342. The zero-order valence-electron chi connectivity index (χ0n) is 8.26. The topological polar surface area (TPSA) is 12.0 Å². The Morgan fingerprint density at radius 1 is 1.57 bits per heavy atom. The fourth-order valence-electron chi connectivity index (χ4n) is 2.19. The highest BCUT2D eigenvalue weighted by Gasteiger charge is 2.31. The Bertz CT molecular complexity index is 279. The highest BCUT2D eigenvalue weighted by Crippen LogP contribution is 2.35. The van der Waals surface area contributed by atoms with Crippen LogP contribution in [0.2, 0.25) is 0 Å². The van der Waals surface area contributed by atoms with Gasteiger partial charge in [-0.15, -0.1) is 0 Å². The molecule has 0 bridgehead atoms. The molecule has 78 valence electrons. The second kappa shape index (κ2) is 4.03. The van der Waals surface area contributed by atoms with Gasteiger partial charge in [-0.05, 0) is 30.5 Å². The molecule has 1 N–H and O–H groups in total. The molecule has 1 aliphatic heterocycles. The molecule has 1 saturated heterocycles. The van der Waals surface area contributed by atoms with Crippen molar-refractivity contribution in [1.29, 1.82) is 0 Å². The van der Waals surface area contributed by atoms with Gasteiger partial charge in [-0.1, -0.05) is 24.6 Å². The highest BCUT2D eigenvalue weighted by molar-refractivity contribution is 6.31. The van der Waals surface area contributed by atoms with Crippen LogP contribution in [0.15, 0.2) is 22.8 Å². The molecule has 3 atom stereocenters. The summed E-state index contributed by atoms with van der Waals surface area (Å²) in [5.41, 5.74) is 0.812. The van der Waals surface area contributed by atoms with Crippen molar-refractivity contribution in [1.82, 2.24) is 5.32 Å². The Kier molecular flexibility index (Phi) is 2.93. The lowest BCUT2D eigenvalue weighted by Gasteiger charge is -2.25. The van der Waals surface area contributed by atoms with Crippen molar-refractivity contribution in [2.45, 2.75) is 19.5 Å². The molecule has 14 heavy (non-hydrogen) atoms. The van der Waals surface area contributed by atoms with Gasteiger partial charge in [-0.25, -0.2) is 4.39 Å². The first-order chi connectivity index (χ1) is 6.70. The minimum Gasteiger partial charge on any atom is -0.316 e. The van der Waals surface area contributed by atoms with Crippen LogP contribution in [-0.4, -0.2) is 19.3 Å². The second-order valence-corrected chi connectivity index (χ2v) is 4.52. The Balaban J connectivity index is 2.24. The van der Waals surface area contributed by atoms with E-state index in [1.54, 1.807) is 0 Å². The zero-order chi connectivity index (χ0) is 10.1. The molecule has 3 heteroatoms. The van der Waals surface area contributed by atoms with Crippen molar-refractivity contribution in [3.8, 4) is 0 Å². The molecule has 1 nitrogen and oxygen atoms in total. The fourth-order valence-corrected chi connectivity index (χ4v) is 2.52. The van der Waals surface area contributed by atoms with Gasteiger partial charge in [0.15, 0.2) is 0 Å². The Hall–Kier alpha value is -0.340. The summed E-state index contributed by atoms with van der Waals surface area (Å²) in [7, 11) is 0. The minimum atomic E-state index is -0.891. The van der Waals surface area contributed by atoms with Crippen molar-refractivity contribution in [3.05, 3.63) is 22.8 Å². The maximum Gasteiger partial charge on any atom is 0.129 e. The van der Waals surface area contributed by atoms with Crippen LogP contribution in [0.4, 0.5) is 4.39 Å². The standard InChI is InChI=1S/C11H15ClFN/c1-7-2-3-9(12)10(11(7)13)8-4-5-14-6-8/h2-3,7-8,11,14H,4-6H2,1H3. The third-order valence-electron chi connectivity index (χ3n) is 3.08. The van der Waals surface area contributed by atoms with Crippen molar-refractivity contribution in [2.24, 2.45) is 11.8 Å². The van der Waals surface area contributed by atoms with Gasteiger partial charge >= 0.3 is 0 Å². The summed E-state index contributed by atoms with van der Waals surface area (Å²) < 4.78 is 13.9. The van der Waals surface area contributed by atoms with Crippen molar-refractivity contribution in [3.63, 3.8) is 0 Å². The molecule has 1 heterocycles. The summed E-state index contributed by atoms with van der Waals surface area (Å²) in [6.45, 7) is 3.74. The van der Waals surface area contributed by atoms with Gasteiger partial charge in [-0.2, -0.15) is 0 Å². The highest BCUT2D eigenvalue weighted by atomic mass is 35.5. The molecule has 0 aromatic rings. The van der Waals surface area contributed by atoms with Crippen LogP contribution >= 0.6 is 11.6 Å². The number of hydrogen-bond donors (Lipinski definition) is 1. The van der Waals surface area contributed by atoms with Gasteiger partial charge in [0.1, 0.15) is 6.17 Å². The number of alkyl halides is 1. The smallest absolute Gasteiger partial charge is 0.129 e. The molecule has 0 amide bonds. The lowest BCUT2D eigenvalue weighted by atomic mass is 9.85. The molecule has 2 rings (SSSR count). The number of halogens is 2. The third kappa shape index (κ3) is 1.73. The molecule has 0 radical (unpaired) electrons. The summed E-state index contributed by atoms with van der Waals surface area (Å²) in [5, 5.41) is 3.86. The van der Waals surface area contributed by atoms with E-state index in [-0.39, 0.29) is 5.92 Å². The van der Waals surface area contributed by atoms with Gasteiger partial charge in [0, 0.05) is 17.5 Å². The lowest BCUT2D eigenvalue weighted by molar-refractivity contribution is 0.294. The molecule has 1 fully saturated rings. The molecule has 0 spiro atoms. The zero-order valence-corrected chi connectivity index (χ0v) is 9.02. The monoisotopic (exact) mass is 215 g/mol. The molecule has 0 saturated carbocycles. The molecule has 3 unspecified atom stereocenters. The summed E-state index contributed by atoms with van der Waals surface area (Å²) >= 11 is 6.05. The van der Waals surface area contributed by atoms with Crippen LogP contribution in [-0.2, 0) is 0 Å². The first kappa shape index (κ1) is 10.2. The number of rotatable bonds is 1. The van der Waals surface area contributed by atoms with E-state index in [2.05, 4.69) is 5.32 Å². The van der Waals surface area contributed by atoms with Gasteiger partial charge in [0.05, 0.1) is 0 Å². The molecule has 0 aromatic heterocycles. The Labute approximate surface area is 89.0 Å². The van der Waals surface area contributed by atoms with Crippen LogP contribution in [0.25, 0.3) is 0 Å². The molecule has 0 aromatic carbocycles. The second-order valence-electron chi connectivity index (χ2n) is 4.11. The largest absolute Gasteiger partial charge is 0.316 e. The van der Waals surface area contributed by atoms with E-state index in [0.717, 1.165) is 25.1 Å². The molecular formula is C11H15ClFN. The summed E-state index contributed by atoms with van der Waals surface area (Å²) in [6.07, 6.45) is 3.80. The van der Waals surface area contributed by atoms with Gasteiger partial charge in [0.2, 0.25) is 0 Å². The van der Waals surface area contributed by atoms with E-state index < -0.39 is 6.17 Å². The van der Waals surface area contributed by atoms with Gasteiger partial charge < -0.3 is 5.32 Å². The third-order valence-corrected chi connectivity index (χ3v) is 3.42. The van der Waals surface area contributed by atoms with Gasteiger partial charge in [-0.3, -0.25) is 0 Å². The average molecular weight is 216 g/mol. The predicted octanol–water partition coefficient (Wildman–Crippen LogP) is 2.63. The lowest BCUT2D eigenvalue weighted by Crippen LogP contribution is -2.24. The van der Waals surface area contributed by atoms with Gasteiger partial charge in [0.25, 0.3) is 0 Å². The molecular weight excluding hydrogens is 201 g/mol. The normalized spacial score (nSPS) is 38.1. The van der Waals surface area contributed by atoms with Crippen molar-refractivity contribution in [2.75, 3.05) is 13.1 Å². The first-order valence-corrected chi connectivity index (χ1v) is 5.50. The number of allylic oxidation sites excluding steroid dienone is 3. The van der Waals surface area contributed by atoms with E-state index in [0.29, 0.717) is 11.0 Å². The maximum absolute atomic E-state index is 13.9. The van der Waals surface area contributed by atoms with E-state index in [1.165, 1.54) is 0 Å². The fraction of sp³-hybridized carbons (Fsp3) is 0.636. The van der Waals surface area contributed by atoms with E-state index in [4.69, 9.17) is 11.6 Å². The summed E-state index contributed by atoms with van der Waals surface area (Å²) in [6, 6.07) is 0. The Morgan fingerprint density at radius 3 is 3.00 bits per heavy atom. The predicted molar refractivity (Wildman–Crippen MR) is 57.1 cm³/mol. The van der Waals surface area contributed by atoms with Crippen LogP contribution in [0.3, 0.4) is 0 Å². The van der Waals surface area contributed by atoms with Crippen LogP contribution < -0.4 is 5.32 Å². The number of hydrogen-bond acceptors (Lipinski definition) is 1. The van der Waals surface area contributed by atoms with Crippen LogP contribution in [0, 0.1) is 11.8 Å². The Morgan fingerprint density at radius 2 is 2.36 bits per heavy atom. The van der Waals surface area contributed by atoms with Crippen LogP contribution in [0.1, 0.15) is 13.3 Å². The van der Waals surface area contributed by atoms with E-state index >= 15 is 0 Å². The summed E-state index contributed by atoms with van der Waals surface area (Å²) in [5.74, 6) is 0.262. The van der Waals surface area contributed by atoms with E-state index in [9.17, 15) is 4.39 Å². The first-order valence-electron chi connectivity index (χ1n) is 5.12. The summed E-state index contributed by atoms with van der Waals surface area (Å²) in [4.78, 5) is 0. The molecule has 2 aliphatic rings. The van der Waals surface area contributed by atoms with E-state index in [1.807, 2.05) is 19.1 Å².